The van der Waals surface area contributed by atoms with Crippen LogP contribution in [0.4, 0.5) is 19.3 Å². The number of urea groups is 1. The Hall–Kier alpha value is -3.53. The molecule has 0 aliphatic carbocycles. The lowest BCUT2D eigenvalue weighted by atomic mass is 10.0. The number of hydrogen-bond acceptors (Lipinski definition) is 4. The second-order valence-electron chi connectivity index (χ2n) is 8.78. The highest BCUT2D eigenvalue weighted by Gasteiger charge is 2.40. The molecule has 8 nitrogen and oxygen atoms in total. The van der Waals surface area contributed by atoms with Gasteiger partial charge in [0.15, 0.2) is 0 Å². The van der Waals surface area contributed by atoms with Crippen LogP contribution in [-0.2, 0) is 22.7 Å². The van der Waals surface area contributed by atoms with Gasteiger partial charge in [0.25, 0.3) is 5.91 Å². The Morgan fingerprint density at radius 3 is 2.63 bits per heavy atom. The van der Waals surface area contributed by atoms with Crippen molar-refractivity contribution in [1.29, 1.82) is 0 Å². The molecule has 4 rings (SSSR count). The number of anilines is 1. The van der Waals surface area contributed by atoms with E-state index in [-0.39, 0.29) is 59.2 Å². The molecule has 2 heterocycles. The zero-order valence-electron chi connectivity index (χ0n) is 19.0. The topological polar surface area (TPSA) is 108 Å². The van der Waals surface area contributed by atoms with Crippen molar-refractivity contribution in [3.05, 3.63) is 63.2 Å². The highest BCUT2D eigenvalue weighted by molar-refractivity contribution is 6.31. The molecule has 1 unspecified atom stereocenters. The van der Waals surface area contributed by atoms with E-state index < -0.39 is 41.4 Å². The molecule has 5 amide bonds. The van der Waals surface area contributed by atoms with Crippen LogP contribution in [0.25, 0.3) is 0 Å². The van der Waals surface area contributed by atoms with Crippen molar-refractivity contribution in [2.45, 2.75) is 51.7 Å². The lowest BCUT2D eigenvalue weighted by Gasteiger charge is -2.29. The van der Waals surface area contributed by atoms with Crippen molar-refractivity contribution in [3.63, 3.8) is 0 Å². The minimum absolute atomic E-state index is 0.0924. The Morgan fingerprint density at radius 1 is 1.20 bits per heavy atom. The SMILES string of the molecule is CC(C)c1cc(Cl)cc(NC(=O)NCc2ccc3c(c2F)CN(C2CCC(=O)NC2=O)C3=O)c1F. The van der Waals surface area contributed by atoms with Gasteiger partial charge >= 0.3 is 6.03 Å². The Morgan fingerprint density at radius 2 is 1.94 bits per heavy atom. The molecule has 2 aliphatic heterocycles. The number of fused-ring (bicyclic) bond motifs is 1. The number of nitrogens with one attached hydrogen (secondary N) is 3. The molecule has 1 saturated heterocycles. The summed E-state index contributed by atoms with van der Waals surface area (Å²) >= 11 is 6.03. The molecule has 1 atom stereocenters. The first-order chi connectivity index (χ1) is 16.6. The van der Waals surface area contributed by atoms with E-state index in [0.29, 0.717) is 5.56 Å². The molecule has 1 fully saturated rings. The van der Waals surface area contributed by atoms with Crippen LogP contribution < -0.4 is 16.0 Å². The summed E-state index contributed by atoms with van der Waals surface area (Å²) in [5.41, 5.74) is 0.608. The zero-order valence-corrected chi connectivity index (χ0v) is 19.8. The maximum absolute atomic E-state index is 15.2. The van der Waals surface area contributed by atoms with Crippen LogP contribution in [0.3, 0.4) is 0 Å². The summed E-state index contributed by atoms with van der Waals surface area (Å²) in [6.45, 7) is 3.23. The highest BCUT2D eigenvalue weighted by atomic mass is 35.5. The molecular formula is C24H23ClF2N4O4. The van der Waals surface area contributed by atoms with Gasteiger partial charge in [-0.3, -0.25) is 19.7 Å². The number of carbonyl (C=O) groups is 4. The molecule has 3 N–H and O–H groups in total. The summed E-state index contributed by atoms with van der Waals surface area (Å²) in [6, 6.07) is 3.96. The highest BCUT2D eigenvalue weighted by Crippen LogP contribution is 2.31. The predicted molar refractivity (Wildman–Crippen MR) is 124 cm³/mol. The molecule has 0 spiro atoms. The maximum Gasteiger partial charge on any atom is 0.319 e. The van der Waals surface area contributed by atoms with Crippen LogP contribution in [-0.4, -0.2) is 34.7 Å². The third-order valence-electron chi connectivity index (χ3n) is 6.10. The summed E-state index contributed by atoms with van der Waals surface area (Å²) in [6.07, 6.45) is 0.258. The maximum atomic E-state index is 15.2. The van der Waals surface area contributed by atoms with Crippen LogP contribution in [0, 0.1) is 11.6 Å². The number of halogens is 3. The number of hydrogen-bond donors (Lipinski definition) is 3. The van der Waals surface area contributed by atoms with Gasteiger partial charge < -0.3 is 15.5 Å². The molecule has 0 saturated carbocycles. The van der Waals surface area contributed by atoms with Gasteiger partial charge in [-0.1, -0.05) is 31.5 Å². The molecule has 0 radical (unpaired) electrons. The Bertz CT molecular complexity index is 1250. The van der Waals surface area contributed by atoms with Crippen molar-refractivity contribution in [1.82, 2.24) is 15.5 Å². The lowest BCUT2D eigenvalue weighted by Crippen LogP contribution is -2.52. The first-order valence-electron chi connectivity index (χ1n) is 11.1. The summed E-state index contributed by atoms with van der Waals surface area (Å²) in [7, 11) is 0. The number of imide groups is 1. The monoisotopic (exact) mass is 504 g/mol. The Balaban J connectivity index is 1.45. The molecule has 2 aromatic rings. The van der Waals surface area contributed by atoms with E-state index in [9.17, 15) is 23.6 Å². The van der Waals surface area contributed by atoms with Gasteiger partial charge in [0, 0.05) is 34.7 Å². The number of carbonyl (C=O) groups excluding carboxylic acids is 4. The number of rotatable bonds is 5. The normalized spacial score (nSPS) is 17.5. The Kier molecular flexibility index (Phi) is 6.75. The fourth-order valence-electron chi connectivity index (χ4n) is 4.25. The van der Waals surface area contributed by atoms with E-state index >= 15 is 4.39 Å². The average Bonchev–Trinajstić information content (AvgIpc) is 3.12. The quantitative estimate of drug-likeness (QED) is 0.538. The van der Waals surface area contributed by atoms with Gasteiger partial charge in [-0.05, 0) is 36.1 Å². The van der Waals surface area contributed by atoms with Crippen LogP contribution in [0.15, 0.2) is 24.3 Å². The van der Waals surface area contributed by atoms with E-state index in [4.69, 9.17) is 11.6 Å². The largest absolute Gasteiger partial charge is 0.334 e. The number of benzene rings is 2. The van der Waals surface area contributed by atoms with E-state index in [0.717, 1.165) is 0 Å². The van der Waals surface area contributed by atoms with Gasteiger partial charge in [-0.15, -0.1) is 0 Å². The number of amides is 5. The van der Waals surface area contributed by atoms with Crippen LogP contribution in [0.1, 0.15) is 59.7 Å². The number of nitrogens with zero attached hydrogens (tertiary/aromatic N) is 1. The van der Waals surface area contributed by atoms with Crippen LogP contribution in [0.5, 0.6) is 0 Å². The Labute approximate surface area is 205 Å². The molecule has 2 aromatic carbocycles. The smallest absolute Gasteiger partial charge is 0.319 e. The van der Waals surface area contributed by atoms with Crippen molar-refractivity contribution in [2.24, 2.45) is 0 Å². The van der Waals surface area contributed by atoms with E-state index in [1.54, 1.807) is 13.8 Å². The first kappa shape index (κ1) is 24.6. The van der Waals surface area contributed by atoms with Gasteiger partial charge in [0.1, 0.15) is 17.7 Å². The molecular weight excluding hydrogens is 482 g/mol. The van der Waals surface area contributed by atoms with Crippen LogP contribution >= 0.6 is 11.6 Å². The minimum atomic E-state index is -0.859. The fourth-order valence-corrected chi connectivity index (χ4v) is 4.48. The van der Waals surface area contributed by atoms with E-state index in [2.05, 4.69) is 16.0 Å². The standard InChI is InChI=1S/C24H23ClF2N4O4/c1-11(2)15-7-13(25)8-17(21(15)27)29-24(35)28-9-12-3-4-14-16(20(12)26)10-31(23(14)34)18-5-6-19(32)30-22(18)33/h3-4,7-8,11,18H,5-6,9-10H2,1-2H3,(H2,28,29,35)(H,30,32,33). The predicted octanol–water partition coefficient (Wildman–Crippen LogP) is 3.82. The van der Waals surface area contributed by atoms with Crippen LogP contribution in [0.2, 0.25) is 5.02 Å². The van der Waals surface area contributed by atoms with E-state index in [1.807, 2.05) is 0 Å². The average molecular weight is 505 g/mol. The van der Waals surface area contributed by atoms with Gasteiger partial charge in [0.05, 0.1) is 12.2 Å². The summed E-state index contributed by atoms with van der Waals surface area (Å²) < 4.78 is 29.9. The molecule has 35 heavy (non-hydrogen) atoms. The number of piperidine rings is 1. The van der Waals surface area contributed by atoms with Crippen molar-refractivity contribution in [2.75, 3.05) is 5.32 Å². The molecule has 0 bridgehead atoms. The second kappa shape index (κ2) is 9.61. The molecule has 11 heteroatoms. The summed E-state index contributed by atoms with van der Waals surface area (Å²) in [5, 5.41) is 7.32. The first-order valence-corrected chi connectivity index (χ1v) is 11.4. The van der Waals surface area contributed by atoms with Gasteiger partial charge in [0.2, 0.25) is 11.8 Å². The summed E-state index contributed by atoms with van der Waals surface area (Å²) in [5.74, 6) is -2.93. The van der Waals surface area contributed by atoms with Gasteiger partial charge in [-0.25, -0.2) is 13.6 Å². The summed E-state index contributed by atoms with van der Waals surface area (Å²) in [4.78, 5) is 49.9. The van der Waals surface area contributed by atoms with Crippen molar-refractivity contribution in [3.8, 4) is 0 Å². The van der Waals surface area contributed by atoms with Crippen molar-refractivity contribution >= 4 is 41.0 Å². The molecule has 184 valence electrons. The zero-order chi connectivity index (χ0) is 25.4. The van der Waals surface area contributed by atoms with Crippen molar-refractivity contribution < 1.29 is 28.0 Å². The van der Waals surface area contributed by atoms with Gasteiger partial charge in [-0.2, -0.15) is 0 Å². The second-order valence-corrected chi connectivity index (χ2v) is 9.22. The minimum Gasteiger partial charge on any atom is -0.334 e. The fraction of sp³-hybridized carbons (Fsp3) is 0.333. The molecule has 2 aliphatic rings. The third-order valence-corrected chi connectivity index (χ3v) is 6.32. The van der Waals surface area contributed by atoms with E-state index in [1.165, 1.54) is 29.2 Å². The molecule has 0 aromatic heterocycles. The lowest BCUT2D eigenvalue weighted by molar-refractivity contribution is -0.136. The third kappa shape index (κ3) is 4.84.